The molecule has 1 aliphatic heterocycles. The summed E-state index contributed by atoms with van der Waals surface area (Å²) in [6.07, 6.45) is 0.715. The minimum absolute atomic E-state index is 0.103. The van der Waals surface area contributed by atoms with Crippen LogP contribution in [0.15, 0.2) is 48.5 Å². The van der Waals surface area contributed by atoms with Crippen molar-refractivity contribution in [2.45, 2.75) is 12.5 Å². The molecular formula is C16H15FN2O2. The highest BCUT2D eigenvalue weighted by atomic mass is 19.1. The van der Waals surface area contributed by atoms with E-state index < -0.39 is 0 Å². The lowest BCUT2D eigenvalue weighted by Crippen LogP contribution is -2.44. The van der Waals surface area contributed by atoms with Crippen molar-refractivity contribution in [2.75, 3.05) is 11.9 Å². The van der Waals surface area contributed by atoms with E-state index in [0.717, 1.165) is 11.3 Å². The minimum Gasteiger partial charge on any atom is -0.491 e. The predicted molar refractivity (Wildman–Crippen MR) is 78.0 cm³/mol. The summed E-state index contributed by atoms with van der Waals surface area (Å²) < 4.78 is 18.7. The lowest BCUT2D eigenvalue weighted by Gasteiger charge is -2.26. The van der Waals surface area contributed by atoms with Gasteiger partial charge in [-0.25, -0.2) is 9.18 Å². The van der Waals surface area contributed by atoms with Gasteiger partial charge in [0, 0.05) is 5.69 Å². The van der Waals surface area contributed by atoms with Crippen LogP contribution in [-0.2, 0) is 6.42 Å². The van der Waals surface area contributed by atoms with Crippen molar-refractivity contribution >= 4 is 11.7 Å². The Morgan fingerprint density at radius 1 is 1.19 bits per heavy atom. The van der Waals surface area contributed by atoms with Crippen LogP contribution in [0.1, 0.15) is 5.56 Å². The Morgan fingerprint density at radius 2 is 2.05 bits per heavy atom. The summed E-state index contributed by atoms with van der Waals surface area (Å²) in [5, 5.41) is 5.44. The number of carbonyl (C=O) groups excluding carboxylic acids is 1. The Hall–Kier alpha value is -2.56. The Kier molecular flexibility index (Phi) is 3.73. The molecule has 1 heterocycles. The highest BCUT2D eigenvalue weighted by molar-refractivity contribution is 5.89. The van der Waals surface area contributed by atoms with Gasteiger partial charge in [0.05, 0.1) is 6.04 Å². The number of para-hydroxylation sites is 1. The molecule has 0 bridgehead atoms. The molecule has 0 fully saturated rings. The quantitative estimate of drug-likeness (QED) is 0.891. The van der Waals surface area contributed by atoms with Crippen molar-refractivity contribution in [1.82, 2.24) is 5.32 Å². The van der Waals surface area contributed by atoms with E-state index in [4.69, 9.17) is 4.74 Å². The van der Waals surface area contributed by atoms with E-state index in [0.29, 0.717) is 18.7 Å². The average molecular weight is 286 g/mol. The number of anilines is 1. The Balaban J connectivity index is 1.59. The molecule has 0 aromatic heterocycles. The standard InChI is InChI=1S/C16H15FN2O2/c17-12-5-3-6-13(9-12)18-16(20)19-14-8-11-4-1-2-7-15(11)21-10-14/h1-7,9,14H,8,10H2,(H2,18,19,20)/t14-/m1/s1. The fourth-order valence-corrected chi connectivity index (χ4v) is 2.34. The van der Waals surface area contributed by atoms with Crippen LogP contribution in [0.2, 0.25) is 0 Å². The molecule has 0 radical (unpaired) electrons. The molecule has 0 unspecified atom stereocenters. The Labute approximate surface area is 121 Å². The zero-order valence-electron chi connectivity index (χ0n) is 11.3. The van der Waals surface area contributed by atoms with E-state index in [1.54, 1.807) is 12.1 Å². The van der Waals surface area contributed by atoms with Crippen LogP contribution in [0.3, 0.4) is 0 Å². The van der Waals surface area contributed by atoms with E-state index >= 15 is 0 Å². The van der Waals surface area contributed by atoms with Crippen LogP contribution < -0.4 is 15.4 Å². The third-order valence-corrected chi connectivity index (χ3v) is 3.30. The Bertz CT molecular complexity index is 660. The molecule has 0 saturated carbocycles. The first-order valence-electron chi connectivity index (χ1n) is 6.74. The number of hydrogen-bond donors (Lipinski definition) is 2. The topological polar surface area (TPSA) is 50.4 Å². The normalized spacial score (nSPS) is 16.5. The third-order valence-electron chi connectivity index (χ3n) is 3.30. The maximum Gasteiger partial charge on any atom is 0.319 e. The summed E-state index contributed by atoms with van der Waals surface area (Å²) in [4.78, 5) is 11.9. The van der Waals surface area contributed by atoms with Crippen molar-refractivity contribution in [3.05, 3.63) is 59.9 Å². The summed E-state index contributed by atoms with van der Waals surface area (Å²) in [6, 6.07) is 13.1. The molecule has 0 spiro atoms. The minimum atomic E-state index is -0.386. The van der Waals surface area contributed by atoms with E-state index in [9.17, 15) is 9.18 Å². The van der Waals surface area contributed by atoms with Crippen molar-refractivity contribution in [3.63, 3.8) is 0 Å². The average Bonchev–Trinajstić information content (AvgIpc) is 2.47. The zero-order chi connectivity index (χ0) is 14.7. The molecule has 2 aromatic carbocycles. The van der Waals surface area contributed by atoms with Gasteiger partial charge in [0.25, 0.3) is 0 Å². The molecular weight excluding hydrogens is 271 g/mol. The van der Waals surface area contributed by atoms with E-state index in [-0.39, 0.29) is 17.9 Å². The lowest BCUT2D eigenvalue weighted by molar-refractivity contribution is 0.222. The van der Waals surface area contributed by atoms with Gasteiger partial charge in [0.2, 0.25) is 0 Å². The van der Waals surface area contributed by atoms with Crippen LogP contribution in [0.4, 0.5) is 14.9 Å². The van der Waals surface area contributed by atoms with E-state index in [1.807, 2.05) is 24.3 Å². The predicted octanol–water partition coefficient (Wildman–Crippen LogP) is 2.95. The van der Waals surface area contributed by atoms with Gasteiger partial charge >= 0.3 is 6.03 Å². The summed E-state index contributed by atoms with van der Waals surface area (Å²) >= 11 is 0. The van der Waals surface area contributed by atoms with Crippen molar-refractivity contribution in [2.24, 2.45) is 0 Å². The molecule has 3 rings (SSSR count). The maximum absolute atomic E-state index is 13.0. The summed E-state index contributed by atoms with van der Waals surface area (Å²) in [6.45, 7) is 0.424. The molecule has 21 heavy (non-hydrogen) atoms. The number of benzene rings is 2. The van der Waals surface area contributed by atoms with Gasteiger partial charge in [0.15, 0.2) is 0 Å². The van der Waals surface area contributed by atoms with Crippen LogP contribution in [0.25, 0.3) is 0 Å². The number of ether oxygens (including phenoxy) is 1. The van der Waals surface area contributed by atoms with Crippen LogP contribution >= 0.6 is 0 Å². The Morgan fingerprint density at radius 3 is 2.90 bits per heavy atom. The summed E-state index contributed by atoms with van der Waals surface area (Å²) in [5.41, 5.74) is 1.49. The smallest absolute Gasteiger partial charge is 0.319 e. The van der Waals surface area contributed by atoms with Crippen molar-refractivity contribution < 1.29 is 13.9 Å². The van der Waals surface area contributed by atoms with Crippen LogP contribution in [0.5, 0.6) is 5.75 Å². The molecule has 1 aliphatic rings. The highest BCUT2D eigenvalue weighted by Gasteiger charge is 2.20. The number of hydrogen-bond acceptors (Lipinski definition) is 2. The second-order valence-corrected chi connectivity index (χ2v) is 4.93. The van der Waals surface area contributed by atoms with Crippen molar-refractivity contribution in [3.8, 4) is 5.75 Å². The summed E-state index contributed by atoms with van der Waals surface area (Å²) in [7, 11) is 0. The third kappa shape index (κ3) is 3.31. The number of nitrogens with one attached hydrogen (secondary N) is 2. The number of fused-ring (bicyclic) bond motifs is 1. The van der Waals surface area contributed by atoms with Gasteiger partial charge < -0.3 is 15.4 Å². The zero-order valence-corrected chi connectivity index (χ0v) is 11.3. The molecule has 2 N–H and O–H groups in total. The second-order valence-electron chi connectivity index (χ2n) is 4.93. The molecule has 0 saturated heterocycles. The fourth-order valence-electron chi connectivity index (χ4n) is 2.34. The fraction of sp³-hybridized carbons (Fsp3) is 0.188. The van der Waals surface area contributed by atoms with Crippen LogP contribution in [-0.4, -0.2) is 18.7 Å². The SMILES string of the molecule is O=C(Nc1cccc(F)c1)N[C@H]1COc2ccccc2C1. The largest absolute Gasteiger partial charge is 0.491 e. The molecule has 2 aromatic rings. The lowest BCUT2D eigenvalue weighted by atomic mass is 10.0. The van der Waals surface area contributed by atoms with Gasteiger partial charge in [-0.2, -0.15) is 0 Å². The molecule has 1 atom stereocenters. The molecule has 2 amide bonds. The second kappa shape index (κ2) is 5.83. The number of carbonyl (C=O) groups is 1. The molecule has 4 nitrogen and oxygen atoms in total. The van der Waals surface area contributed by atoms with Gasteiger partial charge in [-0.15, -0.1) is 0 Å². The van der Waals surface area contributed by atoms with E-state index in [1.165, 1.54) is 12.1 Å². The number of rotatable bonds is 2. The first-order valence-corrected chi connectivity index (χ1v) is 6.74. The van der Waals surface area contributed by atoms with Gasteiger partial charge in [-0.3, -0.25) is 0 Å². The van der Waals surface area contributed by atoms with Gasteiger partial charge in [-0.05, 0) is 36.2 Å². The molecule has 108 valence electrons. The first-order chi connectivity index (χ1) is 10.2. The highest BCUT2D eigenvalue weighted by Crippen LogP contribution is 2.23. The van der Waals surface area contributed by atoms with Crippen LogP contribution in [0, 0.1) is 5.82 Å². The molecule has 0 aliphatic carbocycles. The van der Waals surface area contributed by atoms with Gasteiger partial charge in [-0.1, -0.05) is 24.3 Å². The summed E-state index contributed by atoms with van der Waals surface area (Å²) in [5.74, 6) is 0.476. The number of urea groups is 1. The van der Waals surface area contributed by atoms with E-state index in [2.05, 4.69) is 10.6 Å². The monoisotopic (exact) mass is 286 g/mol. The maximum atomic E-state index is 13.0. The first kappa shape index (κ1) is 13.4. The molecule has 5 heteroatoms. The van der Waals surface area contributed by atoms with Gasteiger partial charge in [0.1, 0.15) is 18.2 Å². The number of halogens is 1. The van der Waals surface area contributed by atoms with Crippen molar-refractivity contribution in [1.29, 1.82) is 0 Å². The number of amides is 2.